The van der Waals surface area contributed by atoms with Crippen molar-refractivity contribution in [1.82, 2.24) is 0 Å². The summed E-state index contributed by atoms with van der Waals surface area (Å²) >= 11 is 6.11. The number of hydrogen-bond donors (Lipinski definition) is 1. The van der Waals surface area contributed by atoms with Crippen LogP contribution >= 0.6 is 11.6 Å². The van der Waals surface area contributed by atoms with E-state index in [9.17, 15) is 9.59 Å². The summed E-state index contributed by atoms with van der Waals surface area (Å²) in [6.45, 7) is 7.45. The van der Waals surface area contributed by atoms with Gasteiger partial charge in [-0.2, -0.15) is 0 Å². The molecule has 0 bridgehead atoms. The fourth-order valence-electron chi connectivity index (χ4n) is 2.92. The highest BCUT2D eigenvalue weighted by Gasteiger charge is 2.21. The Hall–Kier alpha value is -2.33. The molecule has 0 heterocycles. The van der Waals surface area contributed by atoms with Gasteiger partial charge in [-0.3, -0.25) is 9.59 Å². The van der Waals surface area contributed by atoms with Gasteiger partial charge in [0.2, 0.25) is 11.8 Å². The molecular formula is C21H25ClN2O2. The summed E-state index contributed by atoms with van der Waals surface area (Å²) in [5, 5.41) is 3.42. The second-order valence-electron chi connectivity index (χ2n) is 6.25. The van der Waals surface area contributed by atoms with Crippen LogP contribution in [0.5, 0.6) is 0 Å². The van der Waals surface area contributed by atoms with Crippen LogP contribution in [0.2, 0.25) is 5.02 Å². The lowest BCUT2D eigenvalue weighted by Crippen LogP contribution is -2.38. The maximum Gasteiger partial charge on any atom is 0.244 e. The number of carbonyl (C=O) groups is 2. The van der Waals surface area contributed by atoms with Gasteiger partial charge in [0, 0.05) is 17.6 Å². The van der Waals surface area contributed by atoms with Crippen molar-refractivity contribution in [3.8, 4) is 0 Å². The van der Waals surface area contributed by atoms with Crippen LogP contribution in [0.3, 0.4) is 0 Å². The molecule has 2 aromatic carbocycles. The van der Waals surface area contributed by atoms with E-state index in [1.54, 1.807) is 17.0 Å². The zero-order valence-electron chi connectivity index (χ0n) is 15.7. The van der Waals surface area contributed by atoms with E-state index in [-0.39, 0.29) is 18.4 Å². The van der Waals surface area contributed by atoms with Gasteiger partial charge >= 0.3 is 0 Å². The zero-order valence-corrected chi connectivity index (χ0v) is 16.5. The Morgan fingerprint density at radius 1 is 1.08 bits per heavy atom. The van der Waals surface area contributed by atoms with Crippen molar-refractivity contribution in [2.75, 3.05) is 16.8 Å². The molecule has 0 aliphatic rings. The minimum absolute atomic E-state index is 0.0369. The Balaban J connectivity index is 2.27. The molecule has 4 nitrogen and oxygen atoms in total. The number of amides is 2. The quantitative estimate of drug-likeness (QED) is 0.794. The fourth-order valence-corrected chi connectivity index (χ4v) is 3.10. The standard InChI is InChI=1S/C21H25ClN2O2/c1-5-16-8-7-9-17(6-2)21(16)24(15(4)25)13-20(26)23-18-11-10-14(3)19(22)12-18/h7-12H,5-6,13H2,1-4H3,(H,23,26). The number of aryl methyl sites for hydroxylation is 3. The van der Waals surface area contributed by atoms with Gasteiger partial charge in [0.1, 0.15) is 6.54 Å². The molecule has 0 saturated carbocycles. The molecule has 0 unspecified atom stereocenters. The number of benzene rings is 2. The lowest BCUT2D eigenvalue weighted by atomic mass is 10.0. The van der Waals surface area contributed by atoms with Gasteiger partial charge in [0.05, 0.1) is 5.69 Å². The first kappa shape index (κ1) is 20.0. The van der Waals surface area contributed by atoms with Crippen LogP contribution in [-0.2, 0) is 22.4 Å². The van der Waals surface area contributed by atoms with E-state index in [2.05, 4.69) is 5.32 Å². The van der Waals surface area contributed by atoms with Crippen molar-refractivity contribution in [1.29, 1.82) is 0 Å². The van der Waals surface area contributed by atoms with E-state index in [0.717, 1.165) is 35.2 Å². The zero-order chi connectivity index (χ0) is 19.3. The van der Waals surface area contributed by atoms with E-state index >= 15 is 0 Å². The molecule has 0 saturated heterocycles. The molecule has 0 radical (unpaired) electrons. The van der Waals surface area contributed by atoms with Crippen molar-refractivity contribution < 1.29 is 9.59 Å². The maximum atomic E-state index is 12.5. The molecule has 1 N–H and O–H groups in total. The van der Waals surface area contributed by atoms with E-state index in [1.165, 1.54) is 6.92 Å². The van der Waals surface area contributed by atoms with Gasteiger partial charge in [-0.1, -0.05) is 49.7 Å². The fraction of sp³-hybridized carbons (Fsp3) is 0.333. The van der Waals surface area contributed by atoms with Gasteiger partial charge in [0.15, 0.2) is 0 Å². The van der Waals surface area contributed by atoms with E-state index in [4.69, 9.17) is 11.6 Å². The monoisotopic (exact) mass is 372 g/mol. The summed E-state index contributed by atoms with van der Waals surface area (Å²) in [6.07, 6.45) is 1.59. The highest BCUT2D eigenvalue weighted by atomic mass is 35.5. The number of anilines is 2. The summed E-state index contributed by atoms with van der Waals surface area (Å²) in [7, 11) is 0. The van der Waals surface area contributed by atoms with Crippen molar-refractivity contribution in [2.24, 2.45) is 0 Å². The summed E-state index contributed by atoms with van der Waals surface area (Å²) in [6, 6.07) is 11.4. The van der Waals surface area contributed by atoms with Gasteiger partial charge in [0.25, 0.3) is 0 Å². The number of para-hydroxylation sites is 1. The molecule has 2 aromatic rings. The van der Waals surface area contributed by atoms with Crippen LogP contribution < -0.4 is 10.2 Å². The first-order valence-electron chi connectivity index (χ1n) is 8.82. The number of hydrogen-bond acceptors (Lipinski definition) is 2. The number of halogens is 1. The van der Waals surface area contributed by atoms with E-state index in [1.807, 2.05) is 45.0 Å². The second kappa shape index (κ2) is 8.86. The normalized spacial score (nSPS) is 10.5. The minimum Gasteiger partial charge on any atom is -0.324 e. The van der Waals surface area contributed by atoms with Crippen molar-refractivity contribution >= 4 is 34.8 Å². The molecule has 0 aromatic heterocycles. The van der Waals surface area contributed by atoms with E-state index in [0.29, 0.717) is 10.7 Å². The van der Waals surface area contributed by atoms with Crippen molar-refractivity contribution in [3.05, 3.63) is 58.1 Å². The molecule has 0 spiro atoms. The van der Waals surface area contributed by atoms with Gasteiger partial charge in [-0.25, -0.2) is 0 Å². The van der Waals surface area contributed by atoms with Crippen LogP contribution in [0.1, 0.15) is 37.5 Å². The number of nitrogens with one attached hydrogen (secondary N) is 1. The summed E-state index contributed by atoms with van der Waals surface area (Å²) in [4.78, 5) is 26.4. The Morgan fingerprint density at radius 2 is 1.69 bits per heavy atom. The summed E-state index contributed by atoms with van der Waals surface area (Å²) in [5.74, 6) is -0.411. The number of rotatable bonds is 6. The Labute approximate surface area is 160 Å². The van der Waals surface area contributed by atoms with Gasteiger partial charge in [-0.05, 0) is 48.6 Å². The van der Waals surface area contributed by atoms with Crippen LogP contribution in [-0.4, -0.2) is 18.4 Å². The maximum absolute atomic E-state index is 12.5. The third-order valence-corrected chi connectivity index (χ3v) is 4.78. The highest BCUT2D eigenvalue weighted by Crippen LogP contribution is 2.27. The average Bonchev–Trinajstić information content (AvgIpc) is 2.62. The lowest BCUT2D eigenvalue weighted by Gasteiger charge is -2.26. The third kappa shape index (κ3) is 4.64. The minimum atomic E-state index is -0.256. The third-order valence-electron chi connectivity index (χ3n) is 4.37. The second-order valence-corrected chi connectivity index (χ2v) is 6.66. The van der Waals surface area contributed by atoms with Gasteiger partial charge < -0.3 is 10.2 Å². The van der Waals surface area contributed by atoms with Crippen LogP contribution in [0.4, 0.5) is 11.4 Å². The lowest BCUT2D eigenvalue weighted by molar-refractivity contribution is -0.120. The molecule has 0 aliphatic heterocycles. The molecule has 2 rings (SSSR count). The topological polar surface area (TPSA) is 49.4 Å². The SMILES string of the molecule is CCc1cccc(CC)c1N(CC(=O)Nc1ccc(C)c(Cl)c1)C(C)=O. The first-order chi connectivity index (χ1) is 12.4. The predicted octanol–water partition coefficient (Wildman–Crippen LogP) is 4.76. The smallest absolute Gasteiger partial charge is 0.244 e. The Morgan fingerprint density at radius 3 is 2.19 bits per heavy atom. The Bertz CT molecular complexity index is 795. The van der Waals surface area contributed by atoms with E-state index < -0.39 is 0 Å². The number of nitrogens with zero attached hydrogens (tertiary/aromatic N) is 1. The molecular weight excluding hydrogens is 348 g/mol. The summed E-state index contributed by atoms with van der Waals surface area (Å²) < 4.78 is 0. The highest BCUT2D eigenvalue weighted by molar-refractivity contribution is 6.31. The van der Waals surface area contributed by atoms with Crippen molar-refractivity contribution in [2.45, 2.75) is 40.5 Å². The number of carbonyl (C=O) groups excluding carboxylic acids is 2. The largest absolute Gasteiger partial charge is 0.324 e. The predicted molar refractivity (Wildman–Crippen MR) is 108 cm³/mol. The molecule has 2 amide bonds. The first-order valence-corrected chi connectivity index (χ1v) is 9.20. The molecule has 0 atom stereocenters. The van der Waals surface area contributed by atoms with Gasteiger partial charge in [-0.15, -0.1) is 0 Å². The molecule has 138 valence electrons. The molecule has 0 fully saturated rings. The Kier molecular flexibility index (Phi) is 6.81. The van der Waals surface area contributed by atoms with Crippen LogP contribution in [0.15, 0.2) is 36.4 Å². The average molecular weight is 373 g/mol. The molecule has 26 heavy (non-hydrogen) atoms. The van der Waals surface area contributed by atoms with Crippen LogP contribution in [0.25, 0.3) is 0 Å². The van der Waals surface area contributed by atoms with Crippen LogP contribution in [0, 0.1) is 6.92 Å². The molecule has 0 aliphatic carbocycles. The van der Waals surface area contributed by atoms with Crippen molar-refractivity contribution in [3.63, 3.8) is 0 Å². The molecule has 5 heteroatoms. The summed E-state index contributed by atoms with van der Waals surface area (Å²) in [5.41, 5.74) is 4.53.